The van der Waals surface area contributed by atoms with E-state index in [4.69, 9.17) is 0 Å². The van der Waals surface area contributed by atoms with Crippen molar-refractivity contribution >= 4 is 0 Å². The fraction of sp³-hybridized carbons (Fsp3) is 0.806. The van der Waals surface area contributed by atoms with Gasteiger partial charge in [0.15, 0.2) is 0 Å². The Labute approximate surface area is 195 Å². The van der Waals surface area contributed by atoms with Crippen molar-refractivity contribution in [1.82, 2.24) is 0 Å². The van der Waals surface area contributed by atoms with Crippen LogP contribution in [0.3, 0.4) is 0 Å². The molecule has 0 spiro atoms. The van der Waals surface area contributed by atoms with Crippen LogP contribution < -0.4 is 0 Å². The SMILES string of the molecule is CCCCCC1CCC(CCc2ccc(CCC3CCC(CCCC)CC3)cc2)CC1. The molecular weight excluding hydrogens is 372 g/mol. The number of benzene rings is 1. The van der Waals surface area contributed by atoms with Crippen LogP contribution in [0.5, 0.6) is 0 Å². The van der Waals surface area contributed by atoms with Gasteiger partial charge in [0.1, 0.15) is 0 Å². The monoisotopic (exact) mass is 424 g/mol. The molecule has 2 aliphatic rings. The van der Waals surface area contributed by atoms with E-state index in [2.05, 4.69) is 38.1 Å². The summed E-state index contributed by atoms with van der Waals surface area (Å²) in [4.78, 5) is 0. The predicted molar refractivity (Wildman–Crippen MR) is 138 cm³/mol. The van der Waals surface area contributed by atoms with Crippen molar-refractivity contribution in [3.05, 3.63) is 35.4 Å². The molecule has 2 fully saturated rings. The van der Waals surface area contributed by atoms with Gasteiger partial charge in [0.05, 0.1) is 0 Å². The van der Waals surface area contributed by atoms with Crippen molar-refractivity contribution in [3.63, 3.8) is 0 Å². The van der Waals surface area contributed by atoms with Crippen LogP contribution in [-0.2, 0) is 12.8 Å². The summed E-state index contributed by atoms with van der Waals surface area (Å²) in [6, 6.07) is 9.75. The summed E-state index contributed by atoms with van der Waals surface area (Å²) in [6.07, 6.45) is 27.5. The zero-order valence-electron chi connectivity index (χ0n) is 21.1. The molecule has 0 heterocycles. The molecule has 0 aliphatic heterocycles. The number of hydrogen-bond donors (Lipinski definition) is 0. The van der Waals surface area contributed by atoms with E-state index in [1.165, 1.54) is 122 Å². The first kappa shape index (κ1) is 24.9. The highest BCUT2D eigenvalue weighted by Gasteiger charge is 2.21. The van der Waals surface area contributed by atoms with Gasteiger partial charge in [0.25, 0.3) is 0 Å². The lowest BCUT2D eigenvalue weighted by atomic mass is 9.77. The van der Waals surface area contributed by atoms with E-state index >= 15 is 0 Å². The molecule has 0 heteroatoms. The highest BCUT2D eigenvalue weighted by Crippen LogP contribution is 2.35. The number of hydrogen-bond acceptors (Lipinski definition) is 0. The van der Waals surface area contributed by atoms with Crippen LogP contribution in [0.4, 0.5) is 0 Å². The third-order valence-corrected chi connectivity index (χ3v) is 8.82. The summed E-state index contributed by atoms with van der Waals surface area (Å²) in [7, 11) is 0. The fourth-order valence-corrected chi connectivity index (χ4v) is 6.41. The molecule has 0 atom stereocenters. The van der Waals surface area contributed by atoms with Crippen molar-refractivity contribution in [2.45, 2.75) is 136 Å². The Bertz CT molecular complexity index is 554. The lowest BCUT2D eigenvalue weighted by Gasteiger charge is -2.28. The summed E-state index contributed by atoms with van der Waals surface area (Å²) in [5.74, 6) is 4.09. The predicted octanol–water partition coefficient (Wildman–Crippen LogP) is 9.94. The first-order chi connectivity index (χ1) is 15.3. The maximum Gasteiger partial charge on any atom is -0.0276 e. The average Bonchev–Trinajstić information content (AvgIpc) is 2.82. The van der Waals surface area contributed by atoms with Crippen molar-refractivity contribution in [2.75, 3.05) is 0 Å². The molecule has 0 aromatic heterocycles. The van der Waals surface area contributed by atoms with E-state index in [9.17, 15) is 0 Å². The quantitative estimate of drug-likeness (QED) is 0.276. The molecule has 2 saturated carbocycles. The molecule has 176 valence electrons. The minimum atomic E-state index is 0.995. The van der Waals surface area contributed by atoms with Gasteiger partial charge in [0, 0.05) is 0 Å². The van der Waals surface area contributed by atoms with Gasteiger partial charge in [-0.05, 0) is 60.5 Å². The standard InChI is InChI=1S/C31H52/c1-3-5-7-9-27-12-16-29(17-13-27)19-21-31-24-22-30(23-25-31)20-18-28-14-10-26(11-15-28)8-6-4-2/h22-29H,3-21H2,1-2H3. The van der Waals surface area contributed by atoms with Crippen LogP contribution in [0, 0.1) is 23.7 Å². The molecule has 2 aliphatic carbocycles. The van der Waals surface area contributed by atoms with Gasteiger partial charge < -0.3 is 0 Å². The normalized spacial score (nSPS) is 26.8. The second-order valence-electron chi connectivity index (χ2n) is 11.3. The van der Waals surface area contributed by atoms with E-state index in [0.717, 1.165) is 23.7 Å². The molecule has 0 radical (unpaired) electrons. The zero-order chi connectivity index (χ0) is 21.7. The Kier molecular flexibility index (Phi) is 11.5. The summed E-state index contributed by atoms with van der Waals surface area (Å²) < 4.78 is 0. The van der Waals surface area contributed by atoms with Crippen LogP contribution in [0.1, 0.15) is 134 Å². The highest BCUT2D eigenvalue weighted by molar-refractivity contribution is 5.22. The van der Waals surface area contributed by atoms with Crippen molar-refractivity contribution < 1.29 is 0 Å². The second kappa shape index (κ2) is 14.4. The minimum Gasteiger partial charge on any atom is -0.0654 e. The molecule has 0 saturated heterocycles. The lowest BCUT2D eigenvalue weighted by Crippen LogP contribution is -2.15. The summed E-state index contributed by atoms with van der Waals surface area (Å²) in [6.45, 7) is 4.65. The Morgan fingerprint density at radius 2 is 0.839 bits per heavy atom. The molecule has 0 amide bonds. The van der Waals surface area contributed by atoms with Crippen molar-refractivity contribution in [3.8, 4) is 0 Å². The van der Waals surface area contributed by atoms with Crippen LogP contribution in [-0.4, -0.2) is 0 Å². The van der Waals surface area contributed by atoms with E-state index in [1.54, 1.807) is 11.1 Å². The van der Waals surface area contributed by atoms with Crippen LogP contribution in [0.15, 0.2) is 24.3 Å². The van der Waals surface area contributed by atoms with E-state index < -0.39 is 0 Å². The van der Waals surface area contributed by atoms with Crippen LogP contribution in [0.25, 0.3) is 0 Å². The van der Waals surface area contributed by atoms with Gasteiger partial charge in [-0.15, -0.1) is 0 Å². The Balaban J connectivity index is 1.28. The van der Waals surface area contributed by atoms with Gasteiger partial charge in [-0.3, -0.25) is 0 Å². The van der Waals surface area contributed by atoms with Gasteiger partial charge in [-0.2, -0.15) is 0 Å². The molecule has 0 N–H and O–H groups in total. The fourth-order valence-electron chi connectivity index (χ4n) is 6.41. The smallest absolute Gasteiger partial charge is 0.0276 e. The second-order valence-corrected chi connectivity index (χ2v) is 11.3. The molecular formula is C31H52. The maximum atomic E-state index is 2.44. The maximum absolute atomic E-state index is 2.44. The Hall–Kier alpha value is -0.780. The molecule has 0 nitrogen and oxygen atoms in total. The molecule has 3 rings (SSSR count). The summed E-state index contributed by atoms with van der Waals surface area (Å²) in [5, 5.41) is 0. The van der Waals surface area contributed by atoms with E-state index in [-0.39, 0.29) is 0 Å². The van der Waals surface area contributed by atoms with Crippen LogP contribution >= 0.6 is 0 Å². The van der Waals surface area contributed by atoms with E-state index in [1.807, 2.05) is 0 Å². The molecule has 1 aromatic rings. The molecule has 0 bridgehead atoms. The lowest BCUT2D eigenvalue weighted by molar-refractivity contribution is 0.249. The summed E-state index contributed by atoms with van der Waals surface area (Å²) >= 11 is 0. The Morgan fingerprint density at radius 3 is 1.23 bits per heavy atom. The minimum absolute atomic E-state index is 0.995. The zero-order valence-corrected chi connectivity index (χ0v) is 21.1. The summed E-state index contributed by atoms with van der Waals surface area (Å²) in [5.41, 5.74) is 3.15. The van der Waals surface area contributed by atoms with Crippen LogP contribution in [0.2, 0.25) is 0 Å². The highest BCUT2D eigenvalue weighted by atomic mass is 14.3. The average molecular weight is 425 g/mol. The van der Waals surface area contributed by atoms with Crippen molar-refractivity contribution in [2.24, 2.45) is 23.7 Å². The van der Waals surface area contributed by atoms with Gasteiger partial charge >= 0.3 is 0 Å². The van der Waals surface area contributed by atoms with Crippen molar-refractivity contribution in [1.29, 1.82) is 0 Å². The topological polar surface area (TPSA) is 0 Å². The first-order valence-electron chi connectivity index (χ1n) is 14.3. The van der Waals surface area contributed by atoms with Gasteiger partial charge in [-0.25, -0.2) is 0 Å². The number of rotatable bonds is 13. The third kappa shape index (κ3) is 9.31. The van der Waals surface area contributed by atoms with Gasteiger partial charge in [0.2, 0.25) is 0 Å². The third-order valence-electron chi connectivity index (χ3n) is 8.82. The van der Waals surface area contributed by atoms with Gasteiger partial charge in [-0.1, -0.05) is 134 Å². The number of aryl methyl sites for hydroxylation is 2. The first-order valence-corrected chi connectivity index (χ1v) is 14.3. The molecule has 31 heavy (non-hydrogen) atoms. The molecule has 1 aromatic carbocycles. The number of unbranched alkanes of at least 4 members (excludes halogenated alkanes) is 3. The molecule has 0 unspecified atom stereocenters. The Morgan fingerprint density at radius 1 is 0.484 bits per heavy atom. The largest absolute Gasteiger partial charge is 0.0654 e. The van der Waals surface area contributed by atoms with E-state index in [0.29, 0.717) is 0 Å².